The summed E-state index contributed by atoms with van der Waals surface area (Å²) >= 11 is 18.7. The summed E-state index contributed by atoms with van der Waals surface area (Å²) in [5.74, 6) is 1.94. The van der Waals surface area contributed by atoms with Gasteiger partial charge in [0.25, 0.3) is 0 Å². The fourth-order valence-corrected chi connectivity index (χ4v) is 3.44. The molecule has 7 heteroatoms. The minimum Gasteiger partial charge on any atom is -0.492 e. The van der Waals surface area contributed by atoms with Gasteiger partial charge in [0.05, 0.1) is 23.3 Å². The first-order chi connectivity index (χ1) is 14.2. The zero-order chi connectivity index (χ0) is 22.3. The number of benzene rings is 2. The molecule has 30 heavy (non-hydrogen) atoms. The summed E-state index contributed by atoms with van der Waals surface area (Å²) in [5.41, 5.74) is 1.70. The maximum absolute atomic E-state index is 9.74. The van der Waals surface area contributed by atoms with Crippen LogP contribution in [0.1, 0.15) is 31.9 Å². The van der Waals surface area contributed by atoms with Crippen LogP contribution in [0.5, 0.6) is 11.5 Å². The van der Waals surface area contributed by atoms with Crippen molar-refractivity contribution in [2.75, 3.05) is 32.8 Å². The first-order valence-corrected chi connectivity index (χ1v) is 11.1. The Balaban J connectivity index is 2.16. The van der Waals surface area contributed by atoms with Crippen molar-refractivity contribution in [1.82, 2.24) is 0 Å². The molecule has 0 amide bonds. The molecule has 0 radical (unpaired) electrons. The average molecular weight is 476 g/mol. The molecule has 2 atom stereocenters. The van der Waals surface area contributed by atoms with Crippen molar-refractivity contribution in [2.45, 2.75) is 32.3 Å². The van der Waals surface area contributed by atoms with Gasteiger partial charge >= 0.3 is 0 Å². The highest BCUT2D eigenvalue weighted by Gasteiger charge is 2.25. The zero-order valence-electron chi connectivity index (χ0n) is 17.8. The maximum atomic E-state index is 9.74. The molecule has 166 valence electrons. The van der Waals surface area contributed by atoms with Crippen LogP contribution in [-0.4, -0.2) is 44.0 Å². The van der Waals surface area contributed by atoms with Gasteiger partial charge in [-0.15, -0.1) is 11.6 Å². The number of hydrogen-bond acceptors (Lipinski definition) is 4. The lowest BCUT2D eigenvalue weighted by atomic mass is 9.78. The van der Waals surface area contributed by atoms with Crippen molar-refractivity contribution in [1.29, 1.82) is 0 Å². The van der Waals surface area contributed by atoms with Crippen LogP contribution in [0, 0.1) is 5.92 Å². The van der Waals surface area contributed by atoms with Gasteiger partial charge in [-0.1, -0.05) is 56.1 Å². The van der Waals surface area contributed by atoms with E-state index < -0.39 is 6.10 Å². The van der Waals surface area contributed by atoms with Gasteiger partial charge in [0.2, 0.25) is 0 Å². The number of ether oxygens (including phenoxy) is 3. The van der Waals surface area contributed by atoms with Crippen LogP contribution in [0.2, 0.25) is 10.0 Å². The van der Waals surface area contributed by atoms with Crippen molar-refractivity contribution in [2.24, 2.45) is 5.92 Å². The summed E-state index contributed by atoms with van der Waals surface area (Å²) < 4.78 is 16.3. The van der Waals surface area contributed by atoms with Crippen LogP contribution < -0.4 is 9.47 Å². The molecule has 2 rings (SSSR count). The smallest absolute Gasteiger partial charge is 0.138 e. The van der Waals surface area contributed by atoms with Gasteiger partial charge in [0.1, 0.15) is 24.2 Å². The highest BCUT2D eigenvalue weighted by Crippen LogP contribution is 2.38. The lowest BCUT2D eigenvalue weighted by Crippen LogP contribution is -2.23. The minimum absolute atomic E-state index is 0.107. The van der Waals surface area contributed by atoms with E-state index in [0.29, 0.717) is 34.0 Å². The molecule has 0 heterocycles. The van der Waals surface area contributed by atoms with Crippen LogP contribution >= 0.6 is 34.8 Å². The highest BCUT2D eigenvalue weighted by molar-refractivity contribution is 6.32. The zero-order valence-corrected chi connectivity index (χ0v) is 20.0. The molecule has 0 aromatic heterocycles. The normalized spacial score (nSPS) is 13.7. The third-order valence-corrected chi connectivity index (χ3v) is 6.00. The number of hydrogen-bond donors (Lipinski definition) is 1. The number of halogens is 3. The van der Waals surface area contributed by atoms with Gasteiger partial charge < -0.3 is 19.3 Å². The average Bonchev–Trinajstić information content (AvgIpc) is 2.71. The number of aliphatic hydroxyl groups excluding tert-OH is 1. The molecule has 4 nitrogen and oxygen atoms in total. The quantitative estimate of drug-likeness (QED) is 0.407. The Hall–Kier alpha value is -1.17. The van der Waals surface area contributed by atoms with Crippen molar-refractivity contribution in [3.63, 3.8) is 0 Å². The van der Waals surface area contributed by atoms with Crippen molar-refractivity contribution in [3.8, 4) is 11.5 Å². The molecule has 0 saturated carbocycles. The molecular weight excluding hydrogens is 447 g/mol. The molecule has 0 aliphatic carbocycles. The van der Waals surface area contributed by atoms with Crippen LogP contribution in [0.4, 0.5) is 0 Å². The van der Waals surface area contributed by atoms with Crippen molar-refractivity contribution >= 4 is 34.8 Å². The van der Waals surface area contributed by atoms with Gasteiger partial charge in [-0.3, -0.25) is 0 Å². The molecule has 0 aliphatic rings. The SMILES string of the molecule is COC[C@H](O)COc1ccc(C(C)(C)c2ccc(OC[C@@H](C)CCl)c(Cl)c2)cc1Cl. The Morgan fingerprint density at radius 3 is 1.83 bits per heavy atom. The van der Waals surface area contributed by atoms with E-state index in [2.05, 4.69) is 13.8 Å². The maximum Gasteiger partial charge on any atom is 0.138 e. The van der Waals surface area contributed by atoms with E-state index in [1.165, 1.54) is 7.11 Å². The van der Waals surface area contributed by atoms with E-state index in [0.717, 1.165) is 11.1 Å². The molecule has 0 bridgehead atoms. The summed E-state index contributed by atoms with van der Waals surface area (Å²) in [6.45, 7) is 7.05. The summed E-state index contributed by atoms with van der Waals surface area (Å²) in [7, 11) is 1.53. The molecule has 0 aliphatic heterocycles. The lowest BCUT2D eigenvalue weighted by molar-refractivity contribution is 0.0326. The highest BCUT2D eigenvalue weighted by atomic mass is 35.5. The van der Waals surface area contributed by atoms with E-state index in [1.54, 1.807) is 0 Å². The van der Waals surface area contributed by atoms with Gasteiger partial charge in [-0.2, -0.15) is 0 Å². The Kier molecular flexibility index (Phi) is 9.58. The Labute approximate surface area is 194 Å². The molecule has 0 saturated heterocycles. The third-order valence-electron chi connectivity index (χ3n) is 4.88. The monoisotopic (exact) mass is 474 g/mol. The number of aliphatic hydroxyl groups is 1. The first-order valence-electron chi connectivity index (χ1n) is 9.77. The second-order valence-corrected chi connectivity index (χ2v) is 9.03. The van der Waals surface area contributed by atoms with Crippen LogP contribution in [-0.2, 0) is 10.2 Å². The predicted molar refractivity (Wildman–Crippen MR) is 124 cm³/mol. The number of rotatable bonds is 11. The Bertz CT molecular complexity index is 826. The van der Waals surface area contributed by atoms with Gasteiger partial charge in [-0.25, -0.2) is 0 Å². The summed E-state index contributed by atoms with van der Waals surface area (Å²) in [5, 5.41) is 10.8. The standard InChI is InChI=1S/C23H29Cl3O4/c1-15(11-24)12-29-21-7-5-16(9-19(21)25)23(2,3)17-6-8-22(20(26)10-17)30-14-18(27)13-28-4/h5-10,15,18,27H,11-14H2,1-4H3/t15-,18-/m0/s1. The fraction of sp³-hybridized carbons (Fsp3) is 0.478. The van der Waals surface area contributed by atoms with Gasteiger partial charge in [0.15, 0.2) is 0 Å². The van der Waals surface area contributed by atoms with E-state index in [-0.39, 0.29) is 24.5 Å². The van der Waals surface area contributed by atoms with Gasteiger partial charge in [-0.05, 0) is 35.4 Å². The van der Waals surface area contributed by atoms with Crippen molar-refractivity contribution in [3.05, 3.63) is 57.6 Å². The minimum atomic E-state index is -0.711. The Morgan fingerprint density at radius 1 is 0.900 bits per heavy atom. The summed E-state index contributed by atoms with van der Waals surface area (Å²) in [6.07, 6.45) is -0.711. The molecule has 0 unspecified atom stereocenters. The molecule has 0 spiro atoms. The van der Waals surface area contributed by atoms with Crippen molar-refractivity contribution < 1.29 is 19.3 Å². The van der Waals surface area contributed by atoms with E-state index >= 15 is 0 Å². The van der Waals surface area contributed by atoms with Crippen LogP contribution in [0.15, 0.2) is 36.4 Å². The largest absolute Gasteiger partial charge is 0.492 e. The summed E-state index contributed by atoms with van der Waals surface area (Å²) in [4.78, 5) is 0. The molecular formula is C23H29Cl3O4. The van der Waals surface area contributed by atoms with Crippen LogP contribution in [0.3, 0.4) is 0 Å². The predicted octanol–water partition coefficient (Wildman–Crippen LogP) is 5.96. The van der Waals surface area contributed by atoms with E-state index in [4.69, 9.17) is 49.0 Å². The molecule has 2 aromatic rings. The van der Waals surface area contributed by atoms with Crippen LogP contribution in [0.25, 0.3) is 0 Å². The van der Waals surface area contributed by atoms with E-state index in [9.17, 15) is 5.11 Å². The molecule has 2 aromatic carbocycles. The lowest BCUT2D eigenvalue weighted by Gasteiger charge is -2.27. The number of alkyl halides is 1. The topological polar surface area (TPSA) is 47.9 Å². The summed E-state index contributed by atoms with van der Waals surface area (Å²) in [6, 6.07) is 11.5. The first kappa shape index (κ1) is 25.1. The van der Waals surface area contributed by atoms with E-state index in [1.807, 2.05) is 43.3 Å². The second-order valence-electron chi connectivity index (χ2n) is 7.91. The fourth-order valence-electron chi connectivity index (χ4n) is 2.88. The van der Waals surface area contributed by atoms with Gasteiger partial charge in [0, 0.05) is 24.3 Å². The molecule has 1 N–H and O–H groups in total. The Morgan fingerprint density at radius 2 is 1.40 bits per heavy atom. The molecule has 0 fully saturated rings. The number of methoxy groups -OCH3 is 1. The second kappa shape index (κ2) is 11.4. The third kappa shape index (κ3) is 6.66.